The lowest BCUT2D eigenvalue weighted by Gasteiger charge is -2.25. The zero-order valence-electron chi connectivity index (χ0n) is 13.3. The number of hydrogen-bond acceptors (Lipinski definition) is 5. The third-order valence-electron chi connectivity index (χ3n) is 4.00. The van der Waals surface area contributed by atoms with E-state index in [2.05, 4.69) is 20.2 Å². The summed E-state index contributed by atoms with van der Waals surface area (Å²) in [5.74, 6) is 1.10. The van der Waals surface area contributed by atoms with E-state index in [4.69, 9.17) is 9.47 Å². The predicted octanol–water partition coefficient (Wildman–Crippen LogP) is 2.61. The number of piperidine rings is 1. The van der Waals surface area contributed by atoms with Crippen molar-refractivity contribution in [2.75, 3.05) is 38.7 Å². The van der Waals surface area contributed by atoms with Crippen molar-refractivity contribution in [3.8, 4) is 5.75 Å². The van der Waals surface area contributed by atoms with E-state index in [1.54, 1.807) is 7.11 Å². The van der Waals surface area contributed by atoms with Crippen LogP contribution in [0.25, 0.3) is 11.0 Å². The maximum atomic E-state index is 11.8. The molecular formula is C16H22N4O3. The summed E-state index contributed by atoms with van der Waals surface area (Å²) >= 11 is 0. The highest BCUT2D eigenvalue weighted by Gasteiger charge is 2.12. The molecule has 1 amide bonds. The Morgan fingerprint density at radius 2 is 2.17 bits per heavy atom. The van der Waals surface area contributed by atoms with Gasteiger partial charge in [0.05, 0.1) is 18.1 Å². The molecule has 1 fully saturated rings. The van der Waals surface area contributed by atoms with Gasteiger partial charge in [0.25, 0.3) is 0 Å². The van der Waals surface area contributed by atoms with Crippen molar-refractivity contribution in [3.63, 3.8) is 0 Å². The topological polar surface area (TPSA) is 79.5 Å². The Bertz CT molecular complexity index is 664. The summed E-state index contributed by atoms with van der Waals surface area (Å²) in [5, 5.41) is 2.62. The van der Waals surface area contributed by atoms with Crippen LogP contribution in [0.4, 0.5) is 10.7 Å². The number of nitrogens with zero attached hydrogens (tertiary/aromatic N) is 2. The van der Waals surface area contributed by atoms with Crippen molar-refractivity contribution < 1.29 is 14.3 Å². The monoisotopic (exact) mass is 318 g/mol. The number of benzene rings is 1. The molecule has 1 aliphatic heterocycles. The molecule has 1 aliphatic rings. The average Bonchev–Trinajstić information content (AvgIpc) is 2.96. The fourth-order valence-corrected chi connectivity index (χ4v) is 2.76. The van der Waals surface area contributed by atoms with E-state index in [0.717, 1.165) is 36.4 Å². The van der Waals surface area contributed by atoms with Crippen molar-refractivity contribution in [1.29, 1.82) is 0 Å². The molecule has 1 aromatic carbocycles. The van der Waals surface area contributed by atoms with Gasteiger partial charge in [-0.3, -0.25) is 10.2 Å². The number of carbonyl (C=O) groups excluding carboxylic acids is 1. The second-order valence-corrected chi connectivity index (χ2v) is 5.63. The number of aromatic amines is 1. The fourth-order valence-electron chi connectivity index (χ4n) is 2.76. The Kier molecular flexibility index (Phi) is 4.97. The highest BCUT2D eigenvalue weighted by molar-refractivity contribution is 5.86. The Balaban J connectivity index is 1.49. The molecule has 7 nitrogen and oxygen atoms in total. The molecular weight excluding hydrogens is 296 g/mol. The average molecular weight is 318 g/mol. The van der Waals surface area contributed by atoms with Crippen LogP contribution in [0.5, 0.6) is 5.75 Å². The maximum absolute atomic E-state index is 11.8. The molecule has 124 valence electrons. The van der Waals surface area contributed by atoms with Crippen molar-refractivity contribution in [3.05, 3.63) is 18.2 Å². The van der Waals surface area contributed by atoms with Crippen LogP contribution >= 0.6 is 0 Å². The van der Waals surface area contributed by atoms with Gasteiger partial charge in [0.1, 0.15) is 12.4 Å². The number of methoxy groups -OCH3 is 1. The lowest BCUT2D eigenvalue weighted by molar-refractivity contribution is 0.131. The van der Waals surface area contributed by atoms with Crippen LogP contribution in [0.15, 0.2) is 18.2 Å². The summed E-state index contributed by atoms with van der Waals surface area (Å²) in [4.78, 5) is 21.5. The van der Waals surface area contributed by atoms with Crippen molar-refractivity contribution in [2.45, 2.75) is 19.3 Å². The minimum absolute atomic E-state index is 0.372. The molecule has 1 saturated heterocycles. The minimum Gasteiger partial charge on any atom is -0.497 e. The highest BCUT2D eigenvalue weighted by Crippen LogP contribution is 2.20. The van der Waals surface area contributed by atoms with Crippen molar-refractivity contribution in [2.24, 2.45) is 0 Å². The molecule has 0 radical (unpaired) electrons. The second kappa shape index (κ2) is 7.32. The number of likely N-dealkylation sites (tertiary alicyclic amines) is 1. The lowest BCUT2D eigenvalue weighted by Crippen LogP contribution is -2.33. The molecule has 23 heavy (non-hydrogen) atoms. The number of imidazole rings is 1. The maximum Gasteiger partial charge on any atom is 0.414 e. The minimum atomic E-state index is -0.493. The van der Waals surface area contributed by atoms with Gasteiger partial charge >= 0.3 is 6.09 Å². The molecule has 0 spiro atoms. The number of amides is 1. The van der Waals surface area contributed by atoms with Gasteiger partial charge in [0.15, 0.2) is 0 Å². The standard InChI is InChI=1S/C16H22N4O3/c1-22-12-5-6-13-14(11-12)18-15(17-13)19-16(21)23-10-9-20-7-3-2-4-8-20/h5-6,11H,2-4,7-10H2,1H3,(H2,17,18,19,21). The van der Waals surface area contributed by atoms with Crippen LogP contribution in [0.3, 0.4) is 0 Å². The van der Waals surface area contributed by atoms with Crippen LogP contribution in [-0.2, 0) is 4.74 Å². The zero-order valence-corrected chi connectivity index (χ0v) is 13.3. The second-order valence-electron chi connectivity index (χ2n) is 5.63. The van der Waals surface area contributed by atoms with Gasteiger partial charge in [-0.05, 0) is 38.1 Å². The quantitative estimate of drug-likeness (QED) is 0.886. The number of ether oxygens (including phenoxy) is 2. The first-order valence-electron chi connectivity index (χ1n) is 7.94. The van der Waals surface area contributed by atoms with Gasteiger partial charge in [-0.15, -0.1) is 0 Å². The molecule has 0 atom stereocenters. The number of nitrogens with one attached hydrogen (secondary N) is 2. The Labute approximate surface area is 135 Å². The van der Waals surface area contributed by atoms with Gasteiger partial charge in [-0.1, -0.05) is 6.42 Å². The molecule has 1 aromatic heterocycles. The van der Waals surface area contributed by atoms with Crippen LogP contribution in [-0.4, -0.2) is 54.3 Å². The summed E-state index contributed by atoms with van der Waals surface area (Å²) < 4.78 is 10.4. The Morgan fingerprint density at radius 3 is 2.96 bits per heavy atom. The normalized spacial score (nSPS) is 15.5. The fraction of sp³-hybridized carbons (Fsp3) is 0.500. The lowest BCUT2D eigenvalue weighted by atomic mass is 10.1. The molecule has 0 saturated carbocycles. The third-order valence-corrected chi connectivity index (χ3v) is 4.00. The number of carbonyl (C=O) groups is 1. The molecule has 0 aliphatic carbocycles. The number of H-pyrrole nitrogens is 1. The highest BCUT2D eigenvalue weighted by atomic mass is 16.5. The number of anilines is 1. The number of fused-ring (bicyclic) bond motifs is 1. The first-order valence-corrected chi connectivity index (χ1v) is 7.94. The number of rotatable bonds is 5. The van der Waals surface area contributed by atoms with E-state index in [0.29, 0.717) is 12.6 Å². The van der Waals surface area contributed by atoms with Crippen LogP contribution in [0, 0.1) is 0 Å². The summed E-state index contributed by atoms with van der Waals surface area (Å²) in [6, 6.07) is 5.48. The first kappa shape index (κ1) is 15.6. The summed E-state index contributed by atoms with van der Waals surface area (Å²) in [6.07, 6.45) is 3.27. The predicted molar refractivity (Wildman–Crippen MR) is 87.9 cm³/mol. The van der Waals surface area contributed by atoms with Gasteiger partial charge in [0.2, 0.25) is 5.95 Å². The van der Waals surface area contributed by atoms with Crippen molar-refractivity contribution >= 4 is 23.1 Å². The van der Waals surface area contributed by atoms with Crippen LogP contribution in [0.2, 0.25) is 0 Å². The number of hydrogen-bond donors (Lipinski definition) is 2. The third kappa shape index (κ3) is 4.13. The Hall–Kier alpha value is -2.28. The Morgan fingerprint density at radius 1 is 1.35 bits per heavy atom. The molecule has 3 rings (SSSR count). The van der Waals surface area contributed by atoms with E-state index in [1.807, 2.05) is 18.2 Å². The van der Waals surface area contributed by atoms with E-state index >= 15 is 0 Å². The molecule has 2 N–H and O–H groups in total. The first-order chi connectivity index (χ1) is 11.2. The van der Waals surface area contributed by atoms with Crippen molar-refractivity contribution in [1.82, 2.24) is 14.9 Å². The molecule has 2 aromatic rings. The van der Waals surface area contributed by atoms with Crippen LogP contribution in [0.1, 0.15) is 19.3 Å². The molecule has 0 bridgehead atoms. The van der Waals surface area contributed by atoms with Gasteiger partial charge < -0.3 is 14.5 Å². The van der Waals surface area contributed by atoms with Gasteiger partial charge in [0, 0.05) is 12.6 Å². The largest absolute Gasteiger partial charge is 0.497 e. The van der Waals surface area contributed by atoms with E-state index in [1.165, 1.54) is 19.3 Å². The van der Waals surface area contributed by atoms with E-state index in [9.17, 15) is 4.79 Å². The summed E-state index contributed by atoms with van der Waals surface area (Å²) in [6.45, 7) is 3.36. The zero-order chi connectivity index (χ0) is 16.1. The molecule has 0 unspecified atom stereocenters. The van der Waals surface area contributed by atoms with E-state index < -0.39 is 6.09 Å². The van der Waals surface area contributed by atoms with E-state index in [-0.39, 0.29) is 0 Å². The summed E-state index contributed by atoms with van der Waals surface area (Å²) in [7, 11) is 1.61. The SMILES string of the molecule is COc1ccc2nc(NC(=O)OCCN3CCCCC3)[nH]c2c1. The summed E-state index contributed by atoms with van der Waals surface area (Å²) in [5.41, 5.74) is 1.56. The van der Waals surface area contributed by atoms with Gasteiger partial charge in [-0.25, -0.2) is 9.78 Å². The smallest absolute Gasteiger partial charge is 0.414 e. The molecule has 7 heteroatoms. The van der Waals surface area contributed by atoms with Crippen LogP contribution < -0.4 is 10.1 Å². The number of aromatic nitrogens is 2. The molecule has 2 heterocycles. The van der Waals surface area contributed by atoms with Gasteiger partial charge in [-0.2, -0.15) is 0 Å².